The van der Waals surface area contributed by atoms with Crippen LogP contribution in [0.25, 0.3) is 0 Å². The van der Waals surface area contributed by atoms with Crippen LogP contribution in [0.1, 0.15) is 10.4 Å². The SMILES string of the molecule is COc1ccc(NC(=O)CNc2ccc(C(N)=O)c(Cl)c2)c(OC)c1. The summed E-state index contributed by atoms with van der Waals surface area (Å²) in [5.41, 5.74) is 6.53. The fraction of sp³-hybridized carbons (Fsp3) is 0.176. The van der Waals surface area contributed by atoms with Crippen molar-refractivity contribution in [1.29, 1.82) is 0 Å². The number of halogens is 1. The summed E-state index contributed by atoms with van der Waals surface area (Å²) in [7, 11) is 3.05. The molecule has 0 radical (unpaired) electrons. The van der Waals surface area contributed by atoms with E-state index in [0.717, 1.165) is 0 Å². The third-order valence-electron chi connectivity index (χ3n) is 3.37. The zero-order valence-electron chi connectivity index (χ0n) is 13.8. The van der Waals surface area contributed by atoms with Crippen LogP contribution >= 0.6 is 11.6 Å². The second-order valence-electron chi connectivity index (χ2n) is 5.03. The molecule has 0 saturated carbocycles. The Morgan fingerprint density at radius 2 is 1.88 bits per heavy atom. The molecule has 0 unspecified atom stereocenters. The molecule has 0 heterocycles. The number of carbonyl (C=O) groups excluding carboxylic acids is 2. The molecule has 0 bridgehead atoms. The standard InChI is InChI=1S/C17H18ClN3O4/c1-24-11-4-6-14(15(8-11)25-2)21-16(22)9-20-10-3-5-12(17(19)23)13(18)7-10/h3-8,20H,9H2,1-2H3,(H2,19,23)(H,21,22). The number of benzene rings is 2. The summed E-state index contributed by atoms with van der Waals surface area (Å²) in [4.78, 5) is 23.2. The van der Waals surface area contributed by atoms with E-state index in [0.29, 0.717) is 22.9 Å². The number of nitrogens with one attached hydrogen (secondary N) is 2. The van der Waals surface area contributed by atoms with Gasteiger partial charge in [-0.1, -0.05) is 11.6 Å². The van der Waals surface area contributed by atoms with Crippen molar-refractivity contribution in [2.75, 3.05) is 31.4 Å². The van der Waals surface area contributed by atoms with Crippen LogP contribution in [0.15, 0.2) is 36.4 Å². The third-order valence-corrected chi connectivity index (χ3v) is 3.68. The maximum absolute atomic E-state index is 12.1. The molecule has 2 aromatic carbocycles. The van der Waals surface area contributed by atoms with Crippen LogP contribution in [-0.2, 0) is 4.79 Å². The van der Waals surface area contributed by atoms with E-state index in [2.05, 4.69) is 10.6 Å². The molecule has 25 heavy (non-hydrogen) atoms. The summed E-state index contributed by atoms with van der Waals surface area (Å²) in [5, 5.41) is 5.87. The number of hydrogen-bond acceptors (Lipinski definition) is 5. The first kappa shape index (κ1) is 18.4. The van der Waals surface area contributed by atoms with Crippen molar-refractivity contribution in [2.24, 2.45) is 5.73 Å². The van der Waals surface area contributed by atoms with Gasteiger partial charge in [-0.15, -0.1) is 0 Å². The van der Waals surface area contributed by atoms with E-state index >= 15 is 0 Å². The average Bonchev–Trinajstić information content (AvgIpc) is 2.60. The highest BCUT2D eigenvalue weighted by Gasteiger charge is 2.10. The van der Waals surface area contributed by atoms with Crippen LogP contribution in [-0.4, -0.2) is 32.6 Å². The maximum atomic E-state index is 12.1. The predicted molar refractivity (Wildman–Crippen MR) is 96.6 cm³/mol. The van der Waals surface area contributed by atoms with Gasteiger partial charge in [0.1, 0.15) is 11.5 Å². The molecular weight excluding hydrogens is 346 g/mol. The Labute approximate surface area is 150 Å². The molecule has 0 aliphatic rings. The Hall–Kier alpha value is -2.93. The van der Waals surface area contributed by atoms with Crippen molar-refractivity contribution in [1.82, 2.24) is 0 Å². The lowest BCUT2D eigenvalue weighted by molar-refractivity contribution is -0.114. The molecular formula is C17H18ClN3O4. The van der Waals surface area contributed by atoms with Gasteiger partial charge in [0, 0.05) is 11.8 Å². The number of nitrogens with two attached hydrogens (primary N) is 1. The minimum Gasteiger partial charge on any atom is -0.497 e. The van der Waals surface area contributed by atoms with E-state index in [9.17, 15) is 9.59 Å². The minimum absolute atomic E-state index is 0.00142. The Balaban J connectivity index is 1.99. The second kappa shape index (κ2) is 8.25. The molecule has 2 amide bonds. The predicted octanol–water partition coefficient (Wildman–Crippen LogP) is 2.51. The molecule has 0 aliphatic heterocycles. The number of hydrogen-bond donors (Lipinski definition) is 3. The van der Waals surface area contributed by atoms with Gasteiger partial charge in [0.25, 0.3) is 0 Å². The molecule has 0 saturated heterocycles. The lowest BCUT2D eigenvalue weighted by Crippen LogP contribution is -2.22. The van der Waals surface area contributed by atoms with Gasteiger partial charge in [-0.3, -0.25) is 9.59 Å². The molecule has 0 aliphatic carbocycles. The molecule has 7 nitrogen and oxygen atoms in total. The summed E-state index contributed by atoms with van der Waals surface area (Å²) in [5.74, 6) is 0.221. The molecule has 8 heteroatoms. The fourth-order valence-corrected chi connectivity index (χ4v) is 2.38. The van der Waals surface area contributed by atoms with Gasteiger partial charge in [0.15, 0.2) is 0 Å². The zero-order valence-corrected chi connectivity index (χ0v) is 14.5. The Bertz CT molecular complexity index is 795. The van der Waals surface area contributed by atoms with Gasteiger partial charge in [-0.25, -0.2) is 0 Å². The molecule has 2 aromatic rings. The highest BCUT2D eigenvalue weighted by Crippen LogP contribution is 2.29. The summed E-state index contributed by atoms with van der Waals surface area (Å²) < 4.78 is 10.3. The van der Waals surface area contributed by atoms with Crippen molar-refractivity contribution >= 4 is 34.8 Å². The van der Waals surface area contributed by atoms with Crippen molar-refractivity contribution in [3.8, 4) is 11.5 Å². The first-order valence-electron chi connectivity index (χ1n) is 7.29. The van der Waals surface area contributed by atoms with Crippen LogP contribution in [0.5, 0.6) is 11.5 Å². The van der Waals surface area contributed by atoms with Crippen molar-refractivity contribution in [3.63, 3.8) is 0 Å². The molecule has 132 valence electrons. The van der Waals surface area contributed by atoms with Crippen molar-refractivity contribution in [2.45, 2.75) is 0 Å². The molecule has 4 N–H and O–H groups in total. The van der Waals surface area contributed by atoms with Gasteiger partial charge in [0.05, 0.1) is 37.0 Å². The molecule has 0 aromatic heterocycles. The summed E-state index contributed by atoms with van der Waals surface area (Å²) >= 11 is 5.97. The van der Waals surface area contributed by atoms with Crippen LogP contribution in [0.2, 0.25) is 5.02 Å². The Morgan fingerprint density at radius 3 is 2.48 bits per heavy atom. The van der Waals surface area contributed by atoms with Crippen LogP contribution in [0.3, 0.4) is 0 Å². The Kier molecular flexibility index (Phi) is 6.08. The number of methoxy groups -OCH3 is 2. The lowest BCUT2D eigenvalue weighted by Gasteiger charge is -2.12. The minimum atomic E-state index is -0.610. The molecule has 2 rings (SSSR count). The number of rotatable bonds is 7. The van der Waals surface area contributed by atoms with Gasteiger partial charge in [-0.05, 0) is 30.3 Å². The smallest absolute Gasteiger partial charge is 0.250 e. The summed E-state index contributed by atoms with van der Waals surface area (Å²) in [6, 6.07) is 9.72. The van der Waals surface area contributed by atoms with Crippen LogP contribution in [0.4, 0.5) is 11.4 Å². The van der Waals surface area contributed by atoms with Gasteiger partial charge >= 0.3 is 0 Å². The van der Waals surface area contributed by atoms with Crippen LogP contribution in [0, 0.1) is 0 Å². The van der Waals surface area contributed by atoms with E-state index in [-0.39, 0.29) is 23.0 Å². The highest BCUT2D eigenvalue weighted by atomic mass is 35.5. The summed E-state index contributed by atoms with van der Waals surface area (Å²) in [6.45, 7) is 0.00142. The van der Waals surface area contributed by atoms with E-state index in [1.807, 2.05) is 0 Å². The number of primary amides is 1. The first-order valence-corrected chi connectivity index (χ1v) is 7.67. The highest BCUT2D eigenvalue weighted by molar-refractivity contribution is 6.34. The number of anilines is 2. The number of ether oxygens (including phenoxy) is 2. The lowest BCUT2D eigenvalue weighted by atomic mass is 10.2. The van der Waals surface area contributed by atoms with E-state index in [1.54, 1.807) is 31.4 Å². The van der Waals surface area contributed by atoms with Gasteiger partial charge in [-0.2, -0.15) is 0 Å². The van der Waals surface area contributed by atoms with Gasteiger partial charge < -0.3 is 25.8 Å². The van der Waals surface area contributed by atoms with Crippen LogP contribution < -0.4 is 25.8 Å². The average molecular weight is 364 g/mol. The van der Waals surface area contributed by atoms with E-state index in [1.165, 1.54) is 19.2 Å². The molecule has 0 spiro atoms. The topological polar surface area (TPSA) is 103 Å². The fourth-order valence-electron chi connectivity index (χ4n) is 2.10. The number of amides is 2. The largest absolute Gasteiger partial charge is 0.497 e. The quantitative estimate of drug-likeness (QED) is 0.701. The zero-order chi connectivity index (χ0) is 18.4. The number of carbonyl (C=O) groups is 2. The normalized spacial score (nSPS) is 10.0. The van der Waals surface area contributed by atoms with E-state index in [4.69, 9.17) is 26.8 Å². The van der Waals surface area contributed by atoms with Crippen molar-refractivity contribution in [3.05, 3.63) is 47.0 Å². The Morgan fingerprint density at radius 1 is 1.12 bits per heavy atom. The molecule has 0 atom stereocenters. The maximum Gasteiger partial charge on any atom is 0.250 e. The van der Waals surface area contributed by atoms with Gasteiger partial charge in [0.2, 0.25) is 11.8 Å². The monoisotopic (exact) mass is 363 g/mol. The van der Waals surface area contributed by atoms with Crippen molar-refractivity contribution < 1.29 is 19.1 Å². The molecule has 0 fully saturated rings. The first-order chi connectivity index (χ1) is 11.9. The van der Waals surface area contributed by atoms with E-state index < -0.39 is 5.91 Å². The second-order valence-corrected chi connectivity index (χ2v) is 5.43. The third kappa shape index (κ3) is 4.77. The summed E-state index contributed by atoms with van der Waals surface area (Å²) in [6.07, 6.45) is 0.